The summed E-state index contributed by atoms with van der Waals surface area (Å²) in [5.41, 5.74) is 1.16. The number of carbonyl (C=O) groups is 2. The number of hydrogen-bond donors (Lipinski definition) is 0. The van der Waals surface area contributed by atoms with Crippen LogP contribution < -0.4 is 9.47 Å². The molecule has 0 radical (unpaired) electrons. The predicted octanol–water partition coefficient (Wildman–Crippen LogP) is 7.03. The van der Waals surface area contributed by atoms with E-state index in [1.54, 1.807) is 48.5 Å². The highest BCUT2D eigenvalue weighted by atomic mass is 35.5. The van der Waals surface area contributed by atoms with E-state index >= 15 is 0 Å². The Morgan fingerprint density at radius 1 is 0.618 bits per heavy atom. The number of hydrogen-bond acceptors (Lipinski definition) is 6. The molecule has 0 fully saturated rings. The van der Waals surface area contributed by atoms with Gasteiger partial charge in [0.1, 0.15) is 35.8 Å². The molecule has 3 aromatic carbocycles. The van der Waals surface area contributed by atoms with E-state index in [0.717, 1.165) is 0 Å². The van der Waals surface area contributed by atoms with Gasteiger partial charge in [-0.25, -0.2) is 9.59 Å². The van der Waals surface area contributed by atoms with Gasteiger partial charge in [0.15, 0.2) is 0 Å². The lowest BCUT2D eigenvalue weighted by Crippen LogP contribution is -2.09. The smallest absolute Gasteiger partial charge is 0.341 e. The molecule has 0 amide bonds. The third-order valence-corrected chi connectivity index (χ3v) is 6.64. The fourth-order valence-electron chi connectivity index (χ4n) is 3.03. The van der Waals surface area contributed by atoms with Crippen LogP contribution in [0, 0.1) is 0 Å². The highest BCUT2D eigenvalue weighted by Gasteiger charge is 2.23. The lowest BCUT2D eigenvalue weighted by atomic mass is 10.1. The van der Waals surface area contributed by atoms with Crippen molar-refractivity contribution in [3.05, 3.63) is 90.9 Å². The van der Waals surface area contributed by atoms with Crippen molar-refractivity contribution < 1.29 is 28.5 Å². The molecule has 34 heavy (non-hydrogen) atoms. The molecule has 0 saturated carbocycles. The molecule has 0 aliphatic rings. The van der Waals surface area contributed by atoms with Crippen LogP contribution in [0.5, 0.6) is 11.5 Å². The molecule has 0 unspecified atom stereocenters. The van der Waals surface area contributed by atoms with Crippen LogP contribution in [0.3, 0.4) is 0 Å². The van der Waals surface area contributed by atoms with Crippen molar-refractivity contribution >= 4 is 58.3 Å². The van der Waals surface area contributed by atoms with Crippen molar-refractivity contribution in [1.29, 1.82) is 0 Å². The second-order valence-electron chi connectivity index (χ2n) is 6.77. The van der Waals surface area contributed by atoms with Crippen LogP contribution >= 0.6 is 46.4 Å². The van der Waals surface area contributed by atoms with Gasteiger partial charge >= 0.3 is 11.9 Å². The molecule has 6 nitrogen and oxygen atoms in total. The zero-order chi connectivity index (χ0) is 24.8. The summed E-state index contributed by atoms with van der Waals surface area (Å²) >= 11 is 25.8. The Bertz CT molecular complexity index is 1140. The number of rotatable bonds is 8. The van der Waals surface area contributed by atoms with E-state index in [2.05, 4.69) is 0 Å². The number of methoxy groups -OCH3 is 2. The Labute approximate surface area is 216 Å². The number of esters is 2. The molecule has 10 heteroatoms. The van der Waals surface area contributed by atoms with Crippen molar-refractivity contribution in [2.24, 2.45) is 0 Å². The molecule has 0 atom stereocenters. The first-order chi connectivity index (χ1) is 16.3. The normalized spacial score (nSPS) is 10.5. The van der Waals surface area contributed by atoms with E-state index in [1.165, 1.54) is 14.2 Å². The van der Waals surface area contributed by atoms with E-state index in [0.29, 0.717) is 11.1 Å². The molecule has 0 aliphatic heterocycles. The van der Waals surface area contributed by atoms with E-state index in [1.807, 2.05) is 0 Å². The summed E-state index contributed by atoms with van der Waals surface area (Å²) in [4.78, 5) is 24.0. The average Bonchev–Trinajstić information content (AvgIpc) is 2.86. The maximum atomic E-state index is 12.0. The summed E-state index contributed by atoms with van der Waals surface area (Å²) in [5, 5.41) is 0.440. The Balaban J connectivity index is 1.91. The number of halogens is 4. The van der Waals surface area contributed by atoms with Gasteiger partial charge in [-0.3, -0.25) is 0 Å². The molecular formula is C24H18Cl4O6. The molecule has 178 valence electrons. The van der Waals surface area contributed by atoms with Crippen molar-refractivity contribution in [3.8, 4) is 11.5 Å². The van der Waals surface area contributed by atoms with Gasteiger partial charge < -0.3 is 18.9 Å². The zero-order valence-corrected chi connectivity index (χ0v) is 21.0. The third-order valence-electron chi connectivity index (χ3n) is 4.77. The molecule has 0 aromatic heterocycles. The first-order valence-corrected chi connectivity index (χ1v) is 11.2. The minimum atomic E-state index is -0.555. The average molecular weight is 544 g/mol. The van der Waals surface area contributed by atoms with Crippen LogP contribution in [0.2, 0.25) is 20.1 Å². The van der Waals surface area contributed by atoms with Crippen molar-refractivity contribution in [2.75, 3.05) is 14.2 Å². The standard InChI is InChI=1S/C24H18Cl4O6/c1-31-23(29)13-7-3-5-9-17(13)33-11-15-19(25)16(21(27)22(28)20(15)26)12-34-18-10-6-4-8-14(18)24(30)32-2/h3-10H,11-12H2,1-2H3. The summed E-state index contributed by atoms with van der Waals surface area (Å²) < 4.78 is 21.2. The zero-order valence-electron chi connectivity index (χ0n) is 18.0. The van der Waals surface area contributed by atoms with E-state index in [9.17, 15) is 9.59 Å². The molecule has 0 spiro atoms. The van der Waals surface area contributed by atoms with Gasteiger partial charge in [-0.1, -0.05) is 70.7 Å². The largest absolute Gasteiger partial charge is 0.488 e. The molecule has 3 aromatic rings. The first-order valence-electron chi connectivity index (χ1n) is 9.74. The maximum Gasteiger partial charge on any atom is 0.341 e. The van der Waals surface area contributed by atoms with Crippen molar-refractivity contribution in [2.45, 2.75) is 13.2 Å². The third kappa shape index (κ3) is 5.53. The second-order valence-corrected chi connectivity index (χ2v) is 8.28. The lowest BCUT2D eigenvalue weighted by molar-refractivity contribution is 0.0586. The predicted molar refractivity (Wildman–Crippen MR) is 131 cm³/mol. The topological polar surface area (TPSA) is 71.1 Å². The molecule has 0 bridgehead atoms. The van der Waals surface area contributed by atoms with Gasteiger partial charge in [-0.15, -0.1) is 0 Å². The molecular weight excluding hydrogens is 526 g/mol. The number of benzene rings is 3. The molecule has 3 rings (SSSR count). The SMILES string of the molecule is COC(=O)c1ccccc1OCc1c(Cl)c(Cl)c(Cl)c(COc2ccccc2C(=O)OC)c1Cl. The van der Waals surface area contributed by atoms with Crippen LogP contribution in [0.15, 0.2) is 48.5 Å². The fraction of sp³-hybridized carbons (Fsp3) is 0.167. The first kappa shape index (κ1) is 26.0. The highest BCUT2D eigenvalue weighted by Crippen LogP contribution is 2.42. The van der Waals surface area contributed by atoms with E-state index in [-0.39, 0.29) is 55.9 Å². The summed E-state index contributed by atoms with van der Waals surface area (Å²) in [6, 6.07) is 13.1. The number of carbonyl (C=O) groups excluding carboxylic acids is 2. The van der Waals surface area contributed by atoms with Gasteiger partial charge in [0, 0.05) is 11.1 Å². The lowest BCUT2D eigenvalue weighted by Gasteiger charge is -2.18. The van der Waals surface area contributed by atoms with Gasteiger partial charge in [-0.2, -0.15) is 0 Å². The Morgan fingerprint density at radius 3 is 1.38 bits per heavy atom. The van der Waals surface area contributed by atoms with E-state index < -0.39 is 11.9 Å². The quantitative estimate of drug-likeness (QED) is 0.172. The minimum absolute atomic E-state index is 0.0624. The minimum Gasteiger partial charge on any atom is -0.488 e. The molecule has 0 saturated heterocycles. The summed E-state index contributed by atoms with van der Waals surface area (Å²) in [5.74, 6) is -0.560. The molecule has 0 aliphatic carbocycles. The highest BCUT2D eigenvalue weighted by molar-refractivity contribution is 6.50. The van der Waals surface area contributed by atoms with Gasteiger partial charge in [0.2, 0.25) is 0 Å². The van der Waals surface area contributed by atoms with E-state index in [4.69, 9.17) is 65.4 Å². The summed E-state index contributed by atoms with van der Waals surface area (Å²) in [6.45, 7) is -0.234. The van der Waals surface area contributed by atoms with Crippen LogP contribution in [0.4, 0.5) is 0 Å². The summed E-state index contributed by atoms with van der Waals surface area (Å²) in [6.07, 6.45) is 0. The van der Waals surface area contributed by atoms with Crippen molar-refractivity contribution in [1.82, 2.24) is 0 Å². The number of ether oxygens (including phenoxy) is 4. The van der Waals surface area contributed by atoms with Crippen LogP contribution in [-0.2, 0) is 22.7 Å². The second kappa shape index (κ2) is 11.7. The number of para-hydroxylation sites is 2. The summed E-state index contributed by atoms with van der Waals surface area (Å²) in [7, 11) is 2.55. The van der Waals surface area contributed by atoms with Crippen LogP contribution in [0.25, 0.3) is 0 Å². The Hall–Kier alpha value is -2.64. The van der Waals surface area contributed by atoms with Crippen LogP contribution in [-0.4, -0.2) is 26.2 Å². The Kier molecular flexibility index (Phi) is 8.91. The maximum absolute atomic E-state index is 12.0. The fourth-order valence-corrected chi connectivity index (χ4v) is 4.19. The van der Waals surface area contributed by atoms with Gasteiger partial charge in [0.25, 0.3) is 0 Å². The molecule has 0 heterocycles. The molecule has 0 N–H and O–H groups in total. The van der Waals surface area contributed by atoms with Crippen molar-refractivity contribution in [3.63, 3.8) is 0 Å². The van der Waals surface area contributed by atoms with Gasteiger partial charge in [0.05, 0.1) is 34.3 Å². The monoisotopic (exact) mass is 542 g/mol. The Morgan fingerprint density at radius 2 is 1.00 bits per heavy atom. The van der Waals surface area contributed by atoms with Gasteiger partial charge in [-0.05, 0) is 24.3 Å². The van der Waals surface area contributed by atoms with Crippen LogP contribution in [0.1, 0.15) is 31.8 Å².